The van der Waals surface area contributed by atoms with Crippen LogP contribution in [0.3, 0.4) is 0 Å². The molecule has 3 rings (SSSR count). The monoisotopic (exact) mass is 318 g/mol. The van der Waals surface area contributed by atoms with Crippen LogP contribution >= 0.6 is 23.1 Å². The number of aromatic nitrogens is 3. The van der Waals surface area contributed by atoms with Gasteiger partial charge in [0, 0.05) is 17.4 Å². The number of thiophene rings is 1. The summed E-state index contributed by atoms with van der Waals surface area (Å²) in [4.78, 5) is 16.0. The van der Waals surface area contributed by atoms with E-state index in [1.807, 2.05) is 17.5 Å². The van der Waals surface area contributed by atoms with Gasteiger partial charge in [0.25, 0.3) is 5.69 Å². The van der Waals surface area contributed by atoms with Crippen molar-refractivity contribution in [3.05, 3.63) is 57.5 Å². The average Bonchev–Trinajstić information content (AvgIpc) is 3.16. The maximum absolute atomic E-state index is 11.0. The van der Waals surface area contributed by atoms with E-state index in [1.54, 1.807) is 29.5 Å². The minimum atomic E-state index is -0.370. The molecule has 6 nitrogen and oxygen atoms in total. The largest absolute Gasteiger partial charge is 0.273 e. The second kappa shape index (κ2) is 6.06. The molecular formula is C13H10N4O2S2. The first-order valence-corrected chi connectivity index (χ1v) is 7.92. The first kappa shape index (κ1) is 13.8. The quantitative estimate of drug-likeness (QED) is 0.440. The highest BCUT2D eigenvalue weighted by Gasteiger charge is 2.14. The second-order valence-corrected chi connectivity index (χ2v) is 6.01. The van der Waals surface area contributed by atoms with E-state index >= 15 is 0 Å². The molecule has 2 heterocycles. The molecule has 0 aliphatic heterocycles. The van der Waals surface area contributed by atoms with Crippen LogP contribution in [0.5, 0.6) is 0 Å². The fourth-order valence-electron chi connectivity index (χ4n) is 1.79. The van der Waals surface area contributed by atoms with E-state index in [0.717, 1.165) is 10.7 Å². The number of nitrogens with zero attached hydrogens (tertiary/aromatic N) is 3. The van der Waals surface area contributed by atoms with Gasteiger partial charge in [-0.1, -0.05) is 36.0 Å². The number of nitrogens with one attached hydrogen (secondary N) is 1. The molecule has 0 aliphatic rings. The number of benzene rings is 1. The number of hydrogen-bond acceptors (Lipinski definition) is 6. The van der Waals surface area contributed by atoms with Crippen molar-refractivity contribution in [1.29, 1.82) is 0 Å². The van der Waals surface area contributed by atoms with Gasteiger partial charge in [0.1, 0.15) is 0 Å². The number of nitro benzene ring substituents is 1. The van der Waals surface area contributed by atoms with Crippen LogP contribution in [0.15, 0.2) is 46.9 Å². The van der Waals surface area contributed by atoms with Gasteiger partial charge in [-0.25, -0.2) is 4.98 Å². The van der Waals surface area contributed by atoms with Crippen LogP contribution in [0.2, 0.25) is 0 Å². The molecule has 2 aromatic heterocycles. The van der Waals surface area contributed by atoms with E-state index < -0.39 is 0 Å². The molecule has 0 radical (unpaired) electrons. The molecule has 0 fully saturated rings. The molecule has 0 amide bonds. The van der Waals surface area contributed by atoms with Crippen LogP contribution in [-0.2, 0) is 5.75 Å². The molecule has 3 aromatic rings. The fourth-order valence-corrected chi connectivity index (χ4v) is 3.25. The summed E-state index contributed by atoms with van der Waals surface area (Å²) in [6.07, 6.45) is 0. The molecule has 0 unspecified atom stereocenters. The Morgan fingerprint density at radius 1 is 1.29 bits per heavy atom. The summed E-state index contributed by atoms with van der Waals surface area (Å²) in [6, 6.07) is 10.6. The summed E-state index contributed by atoms with van der Waals surface area (Å²) in [5.74, 6) is 1.17. The van der Waals surface area contributed by atoms with Crippen molar-refractivity contribution in [3.8, 4) is 10.7 Å². The van der Waals surface area contributed by atoms with E-state index in [-0.39, 0.29) is 10.6 Å². The zero-order valence-corrected chi connectivity index (χ0v) is 12.4. The van der Waals surface area contributed by atoms with Gasteiger partial charge in [0.05, 0.1) is 9.80 Å². The lowest BCUT2D eigenvalue weighted by Gasteiger charge is -2.00. The zero-order chi connectivity index (χ0) is 14.7. The lowest BCUT2D eigenvalue weighted by molar-refractivity contribution is -0.385. The van der Waals surface area contributed by atoms with Gasteiger partial charge in [-0.2, -0.15) is 0 Å². The number of para-hydroxylation sites is 1. The van der Waals surface area contributed by atoms with E-state index in [2.05, 4.69) is 15.2 Å². The third kappa shape index (κ3) is 3.11. The number of hydrogen-bond donors (Lipinski definition) is 1. The van der Waals surface area contributed by atoms with Crippen molar-refractivity contribution in [2.75, 3.05) is 0 Å². The molecule has 0 saturated heterocycles. The van der Waals surface area contributed by atoms with Gasteiger partial charge >= 0.3 is 0 Å². The van der Waals surface area contributed by atoms with Crippen LogP contribution in [0.25, 0.3) is 10.7 Å². The zero-order valence-electron chi connectivity index (χ0n) is 10.7. The molecule has 1 aromatic carbocycles. The molecule has 0 aliphatic carbocycles. The second-order valence-electron chi connectivity index (χ2n) is 4.12. The first-order chi connectivity index (χ1) is 10.2. The molecule has 0 bridgehead atoms. The predicted octanol–water partition coefficient (Wildman–Crippen LogP) is 3.73. The normalized spacial score (nSPS) is 10.7. The predicted molar refractivity (Wildman–Crippen MR) is 82.4 cm³/mol. The third-order valence-corrected chi connectivity index (χ3v) is 4.54. The third-order valence-electron chi connectivity index (χ3n) is 2.76. The van der Waals surface area contributed by atoms with E-state index in [9.17, 15) is 10.1 Å². The van der Waals surface area contributed by atoms with Gasteiger partial charge in [-0.05, 0) is 11.4 Å². The van der Waals surface area contributed by atoms with Crippen molar-refractivity contribution in [1.82, 2.24) is 15.2 Å². The average molecular weight is 318 g/mol. The van der Waals surface area contributed by atoms with Crippen molar-refractivity contribution in [2.24, 2.45) is 0 Å². The molecule has 8 heteroatoms. The highest BCUT2D eigenvalue weighted by Crippen LogP contribution is 2.28. The Hall–Kier alpha value is -2.19. The topological polar surface area (TPSA) is 84.7 Å². The van der Waals surface area contributed by atoms with Gasteiger partial charge in [0.2, 0.25) is 5.16 Å². The lowest BCUT2D eigenvalue weighted by Crippen LogP contribution is -1.93. The highest BCUT2D eigenvalue weighted by atomic mass is 32.2. The molecule has 0 atom stereocenters. The Balaban J connectivity index is 1.73. The molecule has 1 N–H and O–H groups in total. The van der Waals surface area contributed by atoms with Crippen LogP contribution in [0.1, 0.15) is 5.56 Å². The maximum Gasteiger partial charge on any atom is 0.273 e. The number of nitro groups is 1. The van der Waals surface area contributed by atoms with Crippen LogP contribution in [0, 0.1) is 10.1 Å². The Morgan fingerprint density at radius 3 is 2.90 bits per heavy atom. The van der Waals surface area contributed by atoms with E-state index in [1.165, 1.54) is 17.8 Å². The summed E-state index contributed by atoms with van der Waals surface area (Å²) in [7, 11) is 0. The molecular weight excluding hydrogens is 308 g/mol. The number of rotatable bonds is 5. The van der Waals surface area contributed by atoms with Crippen molar-refractivity contribution in [3.63, 3.8) is 0 Å². The SMILES string of the molecule is O=[N+]([O-])c1ccccc1CSc1n[nH]c(-c2cccs2)n1. The van der Waals surface area contributed by atoms with Crippen molar-refractivity contribution >= 4 is 28.8 Å². The minimum Gasteiger partial charge on any atom is -0.258 e. The summed E-state index contributed by atoms with van der Waals surface area (Å²) < 4.78 is 0. The maximum atomic E-state index is 11.0. The van der Waals surface area contributed by atoms with E-state index in [0.29, 0.717) is 16.5 Å². The molecule has 0 spiro atoms. The molecule has 0 saturated carbocycles. The standard InChI is InChI=1S/C13H10N4O2S2/c18-17(19)10-5-2-1-4-9(10)8-21-13-14-12(15-16-13)11-6-3-7-20-11/h1-7H,8H2,(H,14,15,16). The van der Waals surface area contributed by atoms with Crippen molar-refractivity contribution < 1.29 is 4.92 Å². The summed E-state index contributed by atoms with van der Waals surface area (Å²) in [6.45, 7) is 0. The number of aromatic amines is 1. The smallest absolute Gasteiger partial charge is 0.258 e. The van der Waals surface area contributed by atoms with Crippen molar-refractivity contribution in [2.45, 2.75) is 10.9 Å². The number of thioether (sulfide) groups is 1. The minimum absolute atomic E-state index is 0.124. The van der Waals surface area contributed by atoms with Gasteiger partial charge in [-0.15, -0.1) is 16.4 Å². The van der Waals surface area contributed by atoms with Crippen LogP contribution in [-0.4, -0.2) is 20.1 Å². The van der Waals surface area contributed by atoms with Gasteiger partial charge in [-0.3, -0.25) is 15.2 Å². The van der Waals surface area contributed by atoms with Gasteiger partial charge < -0.3 is 0 Å². The first-order valence-electron chi connectivity index (χ1n) is 6.05. The Bertz CT molecular complexity index is 755. The summed E-state index contributed by atoms with van der Waals surface area (Å²) in [5.41, 5.74) is 0.786. The Labute approximate surface area is 128 Å². The molecule has 106 valence electrons. The van der Waals surface area contributed by atoms with Gasteiger partial charge in [0.15, 0.2) is 5.82 Å². The summed E-state index contributed by atoms with van der Waals surface area (Å²) >= 11 is 2.95. The summed E-state index contributed by atoms with van der Waals surface area (Å²) in [5, 5.41) is 20.5. The fraction of sp³-hybridized carbons (Fsp3) is 0.0769. The highest BCUT2D eigenvalue weighted by molar-refractivity contribution is 7.98. The Morgan fingerprint density at radius 2 is 2.14 bits per heavy atom. The molecule has 21 heavy (non-hydrogen) atoms. The van der Waals surface area contributed by atoms with Crippen LogP contribution in [0.4, 0.5) is 5.69 Å². The number of H-pyrrole nitrogens is 1. The lowest BCUT2D eigenvalue weighted by atomic mass is 10.2. The van der Waals surface area contributed by atoms with E-state index in [4.69, 9.17) is 0 Å². The van der Waals surface area contributed by atoms with Crippen LogP contribution < -0.4 is 0 Å². The Kier molecular flexibility index (Phi) is 3.98.